The number of carbonyl (C=O) groups is 2. The largest absolute Gasteiger partial charge is 0.447 e. The van der Waals surface area contributed by atoms with Crippen LogP contribution in [0.15, 0.2) is 42.7 Å². The molecule has 3 rings (SSSR count). The third kappa shape index (κ3) is 3.52. The summed E-state index contributed by atoms with van der Waals surface area (Å²) in [5.74, 6) is -0.443. The van der Waals surface area contributed by atoms with Gasteiger partial charge in [-0.2, -0.15) is 0 Å². The van der Waals surface area contributed by atoms with Crippen molar-refractivity contribution in [3.63, 3.8) is 0 Å². The van der Waals surface area contributed by atoms with E-state index in [0.717, 1.165) is 10.5 Å². The summed E-state index contributed by atoms with van der Waals surface area (Å²) in [4.78, 5) is 29.7. The Labute approximate surface area is 149 Å². The van der Waals surface area contributed by atoms with Crippen LogP contribution in [-0.4, -0.2) is 49.6 Å². The van der Waals surface area contributed by atoms with E-state index in [1.807, 2.05) is 30.3 Å². The molecule has 0 spiro atoms. The predicted octanol–water partition coefficient (Wildman–Crippen LogP) is 1.65. The Hall–Kier alpha value is -2.38. The van der Waals surface area contributed by atoms with Gasteiger partial charge >= 0.3 is 6.09 Å². The normalized spacial score (nSPS) is 19.6. The summed E-state index contributed by atoms with van der Waals surface area (Å²) in [5, 5.41) is 8.99. The van der Waals surface area contributed by atoms with Crippen molar-refractivity contribution >= 4 is 23.6 Å². The number of amides is 2. The van der Waals surface area contributed by atoms with Gasteiger partial charge in [0.1, 0.15) is 23.9 Å². The number of aliphatic hydroxyl groups excluding tert-OH is 1. The topological polar surface area (TPSA) is 84.7 Å². The summed E-state index contributed by atoms with van der Waals surface area (Å²) < 4.78 is 6.59. The number of nitrogens with zero attached hydrogens (tertiary/aromatic N) is 3. The fourth-order valence-corrected chi connectivity index (χ4v) is 3.05. The van der Waals surface area contributed by atoms with Gasteiger partial charge in [0.25, 0.3) is 5.91 Å². The number of benzene rings is 1. The minimum absolute atomic E-state index is 0.0988. The lowest BCUT2D eigenvalue weighted by Crippen LogP contribution is -2.45. The number of aryl methyl sites for hydroxylation is 1. The summed E-state index contributed by atoms with van der Waals surface area (Å²) >= 11 is 6.16. The van der Waals surface area contributed by atoms with Crippen LogP contribution in [0.5, 0.6) is 0 Å². The SMILES string of the molecule is Cn1ccnc1C(O)[C@@H](Cl)C(=O)N1C(=O)OC[C@@H]1Cc1ccccc1. The molecule has 1 fully saturated rings. The second kappa shape index (κ2) is 7.25. The van der Waals surface area contributed by atoms with E-state index in [1.54, 1.807) is 17.8 Å². The van der Waals surface area contributed by atoms with Gasteiger partial charge in [-0.25, -0.2) is 14.7 Å². The molecular weight excluding hydrogens is 346 g/mol. The molecule has 132 valence electrons. The van der Waals surface area contributed by atoms with E-state index >= 15 is 0 Å². The monoisotopic (exact) mass is 363 g/mol. The maximum absolute atomic E-state index is 12.7. The molecule has 0 aliphatic carbocycles. The minimum atomic E-state index is -1.34. The quantitative estimate of drug-likeness (QED) is 0.816. The predicted molar refractivity (Wildman–Crippen MR) is 89.9 cm³/mol. The molecular formula is C17H18ClN3O4. The molecule has 1 aromatic heterocycles. The number of hydrogen-bond acceptors (Lipinski definition) is 5. The summed E-state index contributed by atoms with van der Waals surface area (Å²) in [6.07, 6.45) is 1.51. The van der Waals surface area contributed by atoms with Gasteiger partial charge in [0, 0.05) is 19.4 Å². The van der Waals surface area contributed by atoms with Gasteiger partial charge in [0.05, 0.1) is 6.04 Å². The minimum Gasteiger partial charge on any atom is -0.447 e. The molecule has 8 heteroatoms. The highest BCUT2D eigenvalue weighted by Crippen LogP contribution is 2.25. The standard InChI is InChI=1S/C17H18ClN3O4/c1-20-8-7-19-15(20)14(22)13(18)16(23)21-12(10-25-17(21)24)9-11-5-3-2-4-6-11/h2-8,12-14,22H,9-10H2,1H3/t12-,13+,14?/m0/s1. The molecule has 1 aliphatic rings. The van der Waals surface area contributed by atoms with Crippen molar-refractivity contribution < 1.29 is 19.4 Å². The van der Waals surface area contributed by atoms with Gasteiger partial charge in [0.15, 0.2) is 0 Å². The maximum Gasteiger partial charge on any atom is 0.417 e. The molecule has 3 atom stereocenters. The highest BCUT2D eigenvalue weighted by Gasteiger charge is 2.43. The van der Waals surface area contributed by atoms with Crippen molar-refractivity contribution in [2.45, 2.75) is 23.9 Å². The summed E-state index contributed by atoms with van der Waals surface area (Å²) in [5.41, 5.74) is 0.972. The first-order chi connectivity index (χ1) is 12.0. The van der Waals surface area contributed by atoms with E-state index in [4.69, 9.17) is 16.3 Å². The average Bonchev–Trinajstić information content (AvgIpc) is 3.20. The van der Waals surface area contributed by atoms with Crippen LogP contribution < -0.4 is 0 Å². The Balaban J connectivity index is 1.76. The molecule has 1 aliphatic heterocycles. The lowest BCUT2D eigenvalue weighted by atomic mass is 10.1. The zero-order chi connectivity index (χ0) is 18.0. The Morgan fingerprint density at radius 3 is 2.80 bits per heavy atom. The van der Waals surface area contributed by atoms with Crippen LogP contribution in [0.4, 0.5) is 4.79 Å². The van der Waals surface area contributed by atoms with E-state index in [-0.39, 0.29) is 12.4 Å². The highest BCUT2D eigenvalue weighted by molar-refractivity contribution is 6.32. The third-order valence-corrected chi connectivity index (χ3v) is 4.57. The van der Waals surface area contributed by atoms with Crippen molar-refractivity contribution in [3.05, 3.63) is 54.1 Å². The molecule has 25 heavy (non-hydrogen) atoms. The number of alkyl halides is 1. The van der Waals surface area contributed by atoms with Gasteiger partial charge in [-0.15, -0.1) is 11.6 Å². The van der Waals surface area contributed by atoms with Crippen molar-refractivity contribution in [3.8, 4) is 0 Å². The highest BCUT2D eigenvalue weighted by atomic mass is 35.5. The first-order valence-electron chi connectivity index (χ1n) is 7.82. The fourth-order valence-electron chi connectivity index (χ4n) is 2.83. The number of hydrogen-bond donors (Lipinski definition) is 1. The molecule has 2 heterocycles. The van der Waals surface area contributed by atoms with Crippen molar-refractivity contribution in [1.82, 2.24) is 14.5 Å². The van der Waals surface area contributed by atoms with E-state index in [9.17, 15) is 14.7 Å². The van der Waals surface area contributed by atoms with Crippen LogP contribution in [0.2, 0.25) is 0 Å². The second-order valence-electron chi connectivity index (χ2n) is 5.87. The smallest absolute Gasteiger partial charge is 0.417 e. The zero-order valence-corrected chi connectivity index (χ0v) is 14.3. The number of imidazole rings is 1. The summed E-state index contributed by atoms with van der Waals surface area (Å²) in [7, 11) is 1.68. The number of aromatic nitrogens is 2. The average molecular weight is 364 g/mol. The first-order valence-corrected chi connectivity index (χ1v) is 8.25. The number of carbonyl (C=O) groups excluding carboxylic acids is 2. The van der Waals surface area contributed by atoms with Gasteiger partial charge in [-0.05, 0) is 12.0 Å². The number of aliphatic hydroxyl groups is 1. The van der Waals surface area contributed by atoms with E-state index in [0.29, 0.717) is 6.42 Å². The van der Waals surface area contributed by atoms with Crippen LogP contribution >= 0.6 is 11.6 Å². The van der Waals surface area contributed by atoms with Gasteiger partial charge in [0.2, 0.25) is 0 Å². The molecule has 1 saturated heterocycles. The van der Waals surface area contributed by atoms with Crippen LogP contribution in [0.25, 0.3) is 0 Å². The molecule has 0 radical (unpaired) electrons. The van der Waals surface area contributed by atoms with E-state index in [1.165, 1.54) is 6.20 Å². The van der Waals surface area contributed by atoms with E-state index in [2.05, 4.69) is 4.98 Å². The Morgan fingerprint density at radius 2 is 2.16 bits per heavy atom. The molecule has 1 aromatic carbocycles. The summed E-state index contributed by atoms with van der Waals surface area (Å²) in [6, 6.07) is 9.01. The second-order valence-corrected chi connectivity index (χ2v) is 6.34. The van der Waals surface area contributed by atoms with Crippen molar-refractivity contribution in [1.29, 1.82) is 0 Å². The van der Waals surface area contributed by atoms with Crippen LogP contribution in [0.1, 0.15) is 17.5 Å². The van der Waals surface area contributed by atoms with Gasteiger partial charge in [-0.3, -0.25) is 4.79 Å². The molecule has 1 N–H and O–H groups in total. The summed E-state index contributed by atoms with van der Waals surface area (Å²) in [6.45, 7) is 0.0988. The van der Waals surface area contributed by atoms with Gasteiger partial charge < -0.3 is 14.4 Å². The Kier molecular flexibility index (Phi) is 5.06. The number of cyclic esters (lactones) is 1. The maximum atomic E-state index is 12.7. The molecule has 2 amide bonds. The third-order valence-electron chi connectivity index (χ3n) is 4.15. The first kappa shape index (κ1) is 17.4. The molecule has 7 nitrogen and oxygen atoms in total. The lowest BCUT2D eigenvalue weighted by molar-refractivity contribution is -0.130. The zero-order valence-electron chi connectivity index (χ0n) is 13.6. The van der Waals surface area contributed by atoms with Crippen LogP contribution in [0.3, 0.4) is 0 Å². The number of halogens is 1. The molecule has 0 saturated carbocycles. The van der Waals surface area contributed by atoms with Crippen molar-refractivity contribution in [2.24, 2.45) is 7.05 Å². The lowest BCUT2D eigenvalue weighted by Gasteiger charge is -2.24. The molecule has 1 unspecified atom stereocenters. The fraction of sp³-hybridized carbons (Fsp3) is 0.353. The number of ether oxygens (including phenoxy) is 1. The molecule has 0 bridgehead atoms. The Morgan fingerprint density at radius 1 is 1.44 bits per heavy atom. The molecule has 2 aromatic rings. The number of imide groups is 1. The van der Waals surface area contributed by atoms with Crippen LogP contribution in [-0.2, 0) is 23.0 Å². The van der Waals surface area contributed by atoms with Crippen molar-refractivity contribution in [2.75, 3.05) is 6.61 Å². The van der Waals surface area contributed by atoms with E-state index < -0.39 is 29.5 Å². The van der Waals surface area contributed by atoms with Gasteiger partial charge in [-0.1, -0.05) is 30.3 Å². The Bertz CT molecular complexity index is 764. The van der Waals surface area contributed by atoms with Crippen LogP contribution in [0, 0.1) is 0 Å². The number of rotatable bonds is 5.